The standard InChI is InChI=1S/C16H17N3O2/c1-10(2)11-4-6-12(7-5-11)13-8-19-9-14(15(20)21)18(3)16(19)17-13/h4-10H,1-3H3,(H,20,21). The van der Waals surface area contributed by atoms with Gasteiger partial charge in [0.15, 0.2) is 0 Å². The normalized spacial score (nSPS) is 11.4. The number of fused-ring (bicyclic) bond motifs is 1. The third-order valence-corrected chi connectivity index (χ3v) is 3.73. The molecule has 0 amide bonds. The smallest absolute Gasteiger partial charge is 0.354 e. The van der Waals surface area contributed by atoms with E-state index in [-0.39, 0.29) is 5.69 Å². The topological polar surface area (TPSA) is 59.5 Å². The van der Waals surface area contributed by atoms with Crippen molar-refractivity contribution in [1.82, 2.24) is 14.0 Å². The molecule has 3 rings (SSSR count). The zero-order valence-electron chi connectivity index (χ0n) is 12.2. The van der Waals surface area contributed by atoms with Crippen molar-refractivity contribution in [3.63, 3.8) is 0 Å². The van der Waals surface area contributed by atoms with Gasteiger partial charge in [-0.1, -0.05) is 38.1 Å². The van der Waals surface area contributed by atoms with Crippen molar-refractivity contribution in [3.8, 4) is 11.3 Å². The predicted molar refractivity (Wildman–Crippen MR) is 80.6 cm³/mol. The number of hydrogen-bond acceptors (Lipinski definition) is 2. The average Bonchev–Trinajstić information content (AvgIpc) is 2.99. The lowest BCUT2D eigenvalue weighted by atomic mass is 10.0. The molecule has 108 valence electrons. The van der Waals surface area contributed by atoms with Crippen LogP contribution in [-0.2, 0) is 7.05 Å². The number of aromatic nitrogens is 3. The summed E-state index contributed by atoms with van der Waals surface area (Å²) in [6, 6.07) is 8.31. The molecule has 0 aliphatic carbocycles. The highest BCUT2D eigenvalue weighted by atomic mass is 16.4. The molecule has 2 aromatic heterocycles. The minimum atomic E-state index is -0.953. The van der Waals surface area contributed by atoms with E-state index in [9.17, 15) is 4.79 Å². The van der Waals surface area contributed by atoms with Crippen molar-refractivity contribution in [2.24, 2.45) is 7.05 Å². The van der Waals surface area contributed by atoms with Crippen LogP contribution in [0, 0.1) is 0 Å². The van der Waals surface area contributed by atoms with Crippen molar-refractivity contribution in [3.05, 3.63) is 47.9 Å². The molecule has 21 heavy (non-hydrogen) atoms. The van der Waals surface area contributed by atoms with E-state index in [1.807, 2.05) is 6.20 Å². The minimum absolute atomic E-state index is 0.221. The lowest BCUT2D eigenvalue weighted by Crippen LogP contribution is -2.04. The van der Waals surface area contributed by atoms with Crippen LogP contribution in [0.4, 0.5) is 0 Å². The number of nitrogens with zero attached hydrogens (tertiary/aromatic N) is 3. The molecule has 0 spiro atoms. The van der Waals surface area contributed by atoms with Crippen LogP contribution < -0.4 is 0 Å². The van der Waals surface area contributed by atoms with Gasteiger partial charge >= 0.3 is 5.97 Å². The summed E-state index contributed by atoms with van der Waals surface area (Å²) in [4.78, 5) is 15.6. The zero-order valence-corrected chi connectivity index (χ0v) is 12.2. The molecule has 0 atom stereocenters. The minimum Gasteiger partial charge on any atom is -0.477 e. The van der Waals surface area contributed by atoms with Gasteiger partial charge in [-0.15, -0.1) is 0 Å². The summed E-state index contributed by atoms with van der Waals surface area (Å²) in [6.45, 7) is 4.32. The summed E-state index contributed by atoms with van der Waals surface area (Å²) in [5.41, 5.74) is 3.38. The lowest BCUT2D eigenvalue weighted by molar-refractivity contribution is 0.0686. The average molecular weight is 283 g/mol. The fourth-order valence-electron chi connectivity index (χ4n) is 2.43. The molecule has 1 aromatic carbocycles. The first-order chi connectivity index (χ1) is 9.97. The molecule has 0 bridgehead atoms. The molecule has 0 fully saturated rings. The van der Waals surface area contributed by atoms with Gasteiger partial charge in [-0.3, -0.25) is 4.40 Å². The van der Waals surface area contributed by atoms with Crippen LogP contribution in [0.5, 0.6) is 0 Å². The van der Waals surface area contributed by atoms with E-state index < -0.39 is 5.97 Å². The molecule has 2 heterocycles. The van der Waals surface area contributed by atoms with Gasteiger partial charge in [0.2, 0.25) is 5.78 Å². The second-order valence-electron chi connectivity index (χ2n) is 5.49. The summed E-state index contributed by atoms with van der Waals surface area (Å²) in [5, 5.41) is 9.09. The maximum atomic E-state index is 11.1. The second kappa shape index (κ2) is 4.77. The molecule has 3 aromatic rings. The SMILES string of the molecule is CC(C)c1ccc(-c2cn3cc(C(=O)O)n(C)c3n2)cc1. The maximum Gasteiger partial charge on any atom is 0.354 e. The van der Waals surface area contributed by atoms with Gasteiger partial charge in [0.25, 0.3) is 0 Å². The van der Waals surface area contributed by atoms with Crippen LogP contribution in [0.15, 0.2) is 36.7 Å². The van der Waals surface area contributed by atoms with E-state index in [1.165, 1.54) is 5.56 Å². The first-order valence-corrected chi connectivity index (χ1v) is 6.85. The van der Waals surface area contributed by atoms with E-state index in [0.717, 1.165) is 11.3 Å². The Morgan fingerprint density at radius 3 is 2.38 bits per heavy atom. The van der Waals surface area contributed by atoms with Crippen LogP contribution in [-0.4, -0.2) is 25.0 Å². The van der Waals surface area contributed by atoms with Crippen molar-refractivity contribution in [2.45, 2.75) is 19.8 Å². The molecule has 0 aliphatic rings. The van der Waals surface area contributed by atoms with E-state index >= 15 is 0 Å². The number of benzene rings is 1. The number of carbonyl (C=O) groups is 1. The number of carboxylic acids is 1. The monoisotopic (exact) mass is 283 g/mol. The van der Waals surface area contributed by atoms with E-state index in [1.54, 1.807) is 22.2 Å². The van der Waals surface area contributed by atoms with Gasteiger partial charge in [-0.25, -0.2) is 9.78 Å². The fourth-order valence-corrected chi connectivity index (χ4v) is 2.43. The van der Waals surface area contributed by atoms with E-state index in [4.69, 9.17) is 5.11 Å². The number of aromatic carboxylic acids is 1. The van der Waals surface area contributed by atoms with Gasteiger partial charge < -0.3 is 9.67 Å². The number of imidazole rings is 2. The van der Waals surface area contributed by atoms with E-state index in [0.29, 0.717) is 11.7 Å². The molecule has 0 saturated carbocycles. The first-order valence-electron chi connectivity index (χ1n) is 6.85. The molecule has 5 heteroatoms. The Hall–Kier alpha value is -2.56. The maximum absolute atomic E-state index is 11.1. The summed E-state index contributed by atoms with van der Waals surface area (Å²) >= 11 is 0. The molecule has 5 nitrogen and oxygen atoms in total. The van der Waals surface area contributed by atoms with E-state index in [2.05, 4.69) is 43.1 Å². The van der Waals surface area contributed by atoms with Crippen molar-refractivity contribution < 1.29 is 9.90 Å². The second-order valence-corrected chi connectivity index (χ2v) is 5.49. The van der Waals surface area contributed by atoms with Gasteiger partial charge in [0.1, 0.15) is 5.69 Å². The Kier molecular flexibility index (Phi) is 3.05. The summed E-state index contributed by atoms with van der Waals surface area (Å²) in [5.74, 6) is 0.166. The van der Waals surface area contributed by atoms with Crippen LogP contribution >= 0.6 is 0 Å². The Labute approximate surface area is 122 Å². The number of rotatable bonds is 3. The van der Waals surface area contributed by atoms with Crippen LogP contribution in [0.3, 0.4) is 0 Å². The highest BCUT2D eigenvalue weighted by molar-refractivity contribution is 5.86. The third kappa shape index (κ3) is 2.20. The summed E-state index contributed by atoms with van der Waals surface area (Å²) < 4.78 is 3.32. The highest BCUT2D eigenvalue weighted by Crippen LogP contribution is 2.23. The Morgan fingerprint density at radius 1 is 1.19 bits per heavy atom. The van der Waals surface area contributed by atoms with Crippen LogP contribution in [0.1, 0.15) is 35.8 Å². The first kappa shape index (κ1) is 13.4. The Bertz CT molecular complexity index is 810. The molecular weight excluding hydrogens is 266 g/mol. The fraction of sp³-hybridized carbons (Fsp3) is 0.250. The van der Waals surface area contributed by atoms with Crippen LogP contribution in [0.2, 0.25) is 0 Å². The largest absolute Gasteiger partial charge is 0.477 e. The summed E-state index contributed by atoms with van der Waals surface area (Å²) in [7, 11) is 1.71. The van der Waals surface area contributed by atoms with Gasteiger partial charge in [0, 0.05) is 25.0 Å². The molecule has 0 unspecified atom stereocenters. The highest BCUT2D eigenvalue weighted by Gasteiger charge is 2.15. The van der Waals surface area contributed by atoms with Gasteiger partial charge in [-0.05, 0) is 11.5 Å². The van der Waals surface area contributed by atoms with Crippen molar-refractivity contribution in [1.29, 1.82) is 0 Å². The Morgan fingerprint density at radius 2 is 1.86 bits per heavy atom. The quantitative estimate of drug-likeness (QED) is 0.803. The lowest BCUT2D eigenvalue weighted by Gasteiger charge is -2.05. The Balaban J connectivity index is 2.03. The number of hydrogen-bond donors (Lipinski definition) is 1. The number of carboxylic acid groups (broad SMARTS) is 1. The zero-order chi connectivity index (χ0) is 15.1. The molecular formula is C16H17N3O2. The molecule has 1 N–H and O–H groups in total. The summed E-state index contributed by atoms with van der Waals surface area (Å²) in [6.07, 6.45) is 3.43. The van der Waals surface area contributed by atoms with Gasteiger partial charge in [-0.2, -0.15) is 0 Å². The molecule has 0 aliphatic heterocycles. The molecule has 0 radical (unpaired) electrons. The third-order valence-electron chi connectivity index (χ3n) is 3.73. The van der Waals surface area contributed by atoms with Crippen molar-refractivity contribution >= 4 is 11.7 Å². The van der Waals surface area contributed by atoms with Gasteiger partial charge in [0.05, 0.1) is 5.69 Å². The molecule has 0 saturated heterocycles. The predicted octanol–water partition coefficient (Wildman–Crippen LogP) is 3.16. The van der Waals surface area contributed by atoms with Crippen molar-refractivity contribution in [2.75, 3.05) is 0 Å². The number of aryl methyl sites for hydroxylation is 1. The van der Waals surface area contributed by atoms with Crippen LogP contribution in [0.25, 0.3) is 17.0 Å².